The summed E-state index contributed by atoms with van der Waals surface area (Å²) in [5.41, 5.74) is 0.644. The first-order valence-electron chi connectivity index (χ1n) is 5.66. The molecule has 114 valence electrons. The van der Waals surface area contributed by atoms with E-state index in [1.165, 1.54) is 0 Å². The number of aliphatic hydroxyl groups is 1. The third-order valence-corrected chi connectivity index (χ3v) is 6.43. The Labute approximate surface area is 115 Å². The number of rotatable bonds is 7. The van der Waals surface area contributed by atoms with Gasteiger partial charge in [-0.25, -0.2) is 0 Å². The summed E-state index contributed by atoms with van der Waals surface area (Å²) in [5.74, 6) is 0. The predicted octanol–water partition coefficient (Wildman–Crippen LogP) is -0.00890. The van der Waals surface area contributed by atoms with Crippen molar-refractivity contribution in [1.82, 2.24) is 5.32 Å². The van der Waals surface area contributed by atoms with Crippen molar-refractivity contribution in [2.24, 2.45) is 0 Å². The number of hydrogen-bond acceptors (Lipinski definition) is 4. The lowest BCUT2D eigenvalue weighted by molar-refractivity contribution is 0.243. The van der Waals surface area contributed by atoms with E-state index in [0.717, 1.165) is 0 Å². The van der Waals surface area contributed by atoms with Crippen molar-refractivity contribution in [3.05, 3.63) is 35.9 Å². The van der Waals surface area contributed by atoms with Gasteiger partial charge < -0.3 is 30.0 Å². The zero-order valence-corrected chi connectivity index (χ0v) is 12.2. The molecule has 6 N–H and O–H groups in total. The zero-order valence-electron chi connectivity index (χ0n) is 10.4. The molecule has 0 bridgehead atoms. The van der Waals surface area contributed by atoms with E-state index in [9.17, 15) is 14.2 Å². The van der Waals surface area contributed by atoms with Gasteiger partial charge in [0.1, 0.15) is 0 Å². The van der Waals surface area contributed by atoms with Gasteiger partial charge in [0, 0.05) is 6.54 Å². The maximum atomic E-state index is 11.1. The van der Waals surface area contributed by atoms with Crippen LogP contribution in [0.25, 0.3) is 0 Å². The molecule has 0 amide bonds. The summed E-state index contributed by atoms with van der Waals surface area (Å²) in [6, 6.07) is 7.87. The van der Waals surface area contributed by atoms with Crippen LogP contribution in [-0.2, 0) is 9.13 Å². The molecular formula is C10H17NO7P2. The van der Waals surface area contributed by atoms with Crippen LogP contribution in [0.2, 0.25) is 0 Å². The van der Waals surface area contributed by atoms with Crippen LogP contribution in [-0.4, -0.2) is 43.2 Å². The second kappa shape index (κ2) is 6.93. The van der Waals surface area contributed by atoms with Crippen molar-refractivity contribution >= 4 is 15.2 Å². The van der Waals surface area contributed by atoms with Gasteiger partial charge in [0.15, 0.2) is 5.40 Å². The van der Waals surface area contributed by atoms with Crippen LogP contribution >= 0.6 is 15.2 Å². The lowest BCUT2D eigenvalue weighted by atomic mass is 10.1. The van der Waals surface area contributed by atoms with Gasteiger partial charge in [-0.05, 0) is 5.56 Å². The molecule has 0 saturated carbocycles. The summed E-state index contributed by atoms with van der Waals surface area (Å²) in [6.45, 7) is -0.992. The molecule has 0 aliphatic heterocycles. The smallest absolute Gasteiger partial charge is 0.342 e. The summed E-state index contributed by atoms with van der Waals surface area (Å²) in [4.78, 5) is 35.9. The van der Waals surface area contributed by atoms with Crippen LogP contribution in [0.3, 0.4) is 0 Å². The van der Waals surface area contributed by atoms with Crippen molar-refractivity contribution in [2.75, 3.05) is 13.2 Å². The van der Waals surface area contributed by atoms with Gasteiger partial charge >= 0.3 is 15.2 Å². The van der Waals surface area contributed by atoms with E-state index in [0.29, 0.717) is 5.56 Å². The summed E-state index contributed by atoms with van der Waals surface area (Å²) in [6.07, 6.45) is 0. The zero-order chi connectivity index (χ0) is 15.4. The Bertz CT molecular complexity index is 490. The largest absolute Gasteiger partial charge is 0.394 e. The number of aliphatic hydroxyl groups excluding tert-OH is 1. The van der Waals surface area contributed by atoms with Gasteiger partial charge in [-0.15, -0.1) is 0 Å². The maximum Gasteiger partial charge on any atom is 0.342 e. The van der Waals surface area contributed by atoms with E-state index in [1.807, 2.05) is 0 Å². The van der Waals surface area contributed by atoms with E-state index >= 15 is 0 Å². The second-order valence-electron chi connectivity index (χ2n) is 4.21. The minimum atomic E-state index is -4.96. The Morgan fingerprint density at radius 1 is 1.00 bits per heavy atom. The fraction of sp³-hybridized carbons (Fsp3) is 0.400. The summed E-state index contributed by atoms with van der Waals surface area (Å²) >= 11 is 0. The van der Waals surface area contributed by atoms with Gasteiger partial charge in [0.2, 0.25) is 0 Å². The van der Waals surface area contributed by atoms with Crippen LogP contribution in [0.15, 0.2) is 30.3 Å². The molecule has 1 aromatic rings. The molecule has 1 atom stereocenters. The van der Waals surface area contributed by atoms with E-state index in [4.69, 9.17) is 19.6 Å². The fourth-order valence-electron chi connectivity index (χ4n) is 1.65. The van der Waals surface area contributed by atoms with Crippen molar-refractivity contribution in [3.8, 4) is 0 Å². The molecule has 1 aromatic carbocycles. The predicted molar refractivity (Wildman–Crippen MR) is 72.1 cm³/mol. The average molecular weight is 325 g/mol. The van der Waals surface area contributed by atoms with Crippen LogP contribution in [0.1, 0.15) is 11.6 Å². The molecule has 8 nitrogen and oxygen atoms in total. The van der Waals surface area contributed by atoms with Crippen LogP contribution in [0.4, 0.5) is 0 Å². The second-order valence-corrected chi connectivity index (χ2v) is 8.22. The highest BCUT2D eigenvalue weighted by atomic mass is 31.2. The van der Waals surface area contributed by atoms with Crippen LogP contribution in [0, 0.1) is 0 Å². The van der Waals surface area contributed by atoms with Crippen molar-refractivity contribution < 1.29 is 33.8 Å². The highest BCUT2D eigenvalue weighted by molar-refractivity contribution is 7.70. The molecule has 1 rings (SSSR count). The van der Waals surface area contributed by atoms with Crippen LogP contribution in [0.5, 0.6) is 0 Å². The summed E-state index contributed by atoms with van der Waals surface area (Å²) in [7, 11) is -9.93. The van der Waals surface area contributed by atoms with E-state index in [1.54, 1.807) is 30.3 Å². The monoisotopic (exact) mass is 325 g/mol. The van der Waals surface area contributed by atoms with Gasteiger partial charge in [-0.1, -0.05) is 30.3 Å². The number of hydrogen-bond donors (Lipinski definition) is 6. The van der Waals surface area contributed by atoms with Crippen molar-refractivity contribution in [1.29, 1.82) is 0 Å². The van der Waals surface area contributed by atoms with E-state index in [2.05, 4.69) is 5.32 Å². The molecular weight excluding hydrogens is 308 g/mol. The van der Waals surface area contributed by atoms with Gasteiger partial charge in [0.05, 0.1) is 12.6 Å². The Balaban J connectivity index is 2.82. The Morgan fingerprint density at radius 2 is 1.50 bits per heavy atom. The van der Waals surface area contributed by atoms with Crippen molar-refractivity contribution in [3.63, 3.8) is 0 Å². The van der Waals surface area contributed by atoms with Crippen LogP contribution < -0.4 is 5.32 Å². The molecule has 0 unspecified atom stereocenters. The lowest BCUT2D eigenvalue weighted by Gasteiger charge is -2.23. The summed E-state index contributed by atoms with van der Waals surface area (Å²) < 4.78 is 22.2. The fourth-order valence-corrected chi connectivity index (χ4v) is 3.91. The van der Waals surface area contributed by atoms with Gasteiger partial charge in [0.25, 0.3) is 0 Å². The average Bonchev–Trinajstić information content (AvgIpc) is 2.32. The molecule has 0 aliphatic rings. The lowest BCUT2D eigenvalue weighted by Crippen LogP contribution is -2.32. The maximum absolute atomic E-state index is 11.1. The van der Waals surface area contributed by atoms with Gasteiger partial charge in [-0.2, -0.15) is 0 Å². The third kappa shape index (κ3) is 5.09. The first kappa shape index (κ1) is 17.5. The minimum absolute atomic E-state index is 0.376. The Morgan fingerprint density at radius 3 is 1.90 bits per heavy atom. The molecule has 0 radical (unpaired) electrons. The molecule has 0 fully saturated rings. The summed E-state index contributed by atoms with van der Waals surface area (Å²) in [5, 5.41) is 9.68. The quantitative estimate of drug-likeness (QED) is 0.384. The molecule has 20 heavy (non-hydrogen) atoms. The SMILES string of the molecule is O=P(O)(O)C(CN[C@@H](CO)c1ccccc1)P(=O)(O)O. The molecule has 0 spiro atoms. The molecule has 10 heteroatoms. The topological polar surface area (TPSA) is 147 Å². The molecule has 0 aromatic heterocycles. The van der Waals surface area contributed by atoms with E-state index in [-0.39, 0.29) is 6.61 Å². The number of benzene rings is 1. The third-order valence-electron chi connectivity index (χ3n) is 2.71. The first-order chi connectivity index (χ1) is 9.16. The highest BCUT2D eigenvalue weighted by Gasteiger charge is 2.43. The first-order valence-corrected chi connectivity index (χ1v) is 9.02. The van der Waals surface area contributed by atoms with Crippen molar-refractivity contribution in [2.45, 2.75) is 11.4 Å². The molecule has 0 aliphatic carbocycles. The van der Waals surface area contributed by atoms with Gasteiger partial charge in [-0.3, -0.25) is 9.13 Å². The molecule has 0 heterocycles. The Hall–Kier alpha value is -0.560. The standard InChI is InChI=1S/C10H17NO7P2/c12-7-9(8-4-2-1-3-5-8)11-6-10(19(13,14)15)20(16,17)18/h1-5,9-12H,6-7H2,(H2,13,14,15)(H2,16,17,18)/t9-/m0/s1. The normalized spacial score (nSPS) is 14.5. The Kier molecular flexibility index (Phi) is 6.06. The van der Waals surface area contributed by atoms with E-state index < -0.39 is 33.2 Å². The highest BCUT2D eigenvalue weighted by Crippen LogP contribution is 2.59. The molecule has 0 saturated heterocycles. The number of nitrogens with one attached hydrogen (secondary N) is 1. The minimum Gasteiger partial charge on any atom is -0.394 e.